The van der Waals surface area contributed by atoms with Crippen LogP contribution in [0.4, 0.5) is 22.8 Å². The second-order valence-electron chi connectivity index (χ2n) is 12.6. The number of alkyl halides is 2. The van der Waals surface area contributed by atoms with E-state index in [1.54, 1.807) is 18.7 Å². The monoisotopic (exact) mass is 600 g/mol. The third-order valence-electron chi connectivity index (χ3n) is 7.96. The summed E-state index contributed by atoms with van der Waals surface area (Å²) in [5.74, 6) is -2.80. The van der Waals surface area contributed by atoms with Crippen LogP contribution in [0.2, 0.25) is 0 Å². The molecule has 0 bridgehead atoms. The number of aryl methyl sites for hydroxylation is 2. The Bertz CT molecular complexity index is 1200. The number of carbonyl (C=O) groups is 2. The molecule has 2 aliphatic heterocycles. The van der Waals surface area contributed by atoms with Crippen molar-refractivity contribution in [3.05, 3.63) is 83.7 Å². The van der Waals surface area contributed by atoms with E-state index < -0.39 is 17.0 Å². The van der Waals surface area contributed by atoms with Crippen molar-refractivity contribution in [2.45, 2.75) is 89.6 Å². The standard InChI is InChI=1S/C17H24F2N2O.C17H23FN2O/c1-16(2)13-17(18,19)10-12-21(16)15(22)20-11-6-9-14-7-4-3-5-8-14;1-17(2)13-15(18)10-12-20(17)16(21)19-11-6-9-14-7-4-3-5-8-14/h3-5,7-8H,6,9-13H2,1-2H3,(H,20,22);3-5,7-8,10H,6,9,11-13H2,1-2H3,(H,19,21). The van der Waals surface area contributed by atoms with Crippen LogP contribution >= 0.6 is 0 Å². The maximum absolute atomic E-state index is 13.5. The van der Waals surface area contributed by atoms with Gasteiger partial charge >= 0.3 is 12.1 Å². The fourth-order valence-corrected chi connectivity index (χ4v) is 5.60. The molecule has 2 N–H and O–H groups in total. The number of nitrogens with one attached hydrogen (secondary N) is 2. The molecule has 4 rings (SSSR count). The van der Waals surface area contributed by atoms with Gasteiger partial charge in [-0.1, -0.05) is 60.7 Å². The number of halogens is 3. The van der Waals surface area contributed by atoms with Crippen molar-refractivity contribution in [2.24, 2.45) is 0 Å². The van der Waals surface area contributed by atoms with Crippen LogP contribution in [0.15, 0.2) is 72.6 Å². The number of amides is 4. The van der Waals surface area contributed by atoms with Crippen LogP contribution in [0.3, 0.4) is 0 Å². The molecule has 2 aromatic rings. The Balaban J connectivity index is 0.000000236. The molecule has 0 spiro atoms. The Morgan fingerprint density at radius 1 is 0.767 bits per heavy atom. The van der Waals surface area contributed by atoms with Crippen LogP contribution in [-0.4, -0.2) is 65.0 Å². The molecule has 0 aliphatic carbocycles. The second-order valence-corrected chi connectivity index (χ2v) is 12.6. The average molecular weight is 601 g/mol. The SMILES string of the molecule is CC1(C)CC(F)(F)CCN1C(=O)NCCCc1ccccc1.CC1(C)CC(F)=CCN1C(=O)NCCCc1ccccc1. The number of carbonyl (C=O) groups excluding carboxylic acids is 2. The quantitative estimate of drug-likeness (QED) is 0.308. The van der Waals surface area contributed by atoms with Crippen molar-refractivity contribution in [2.75, 3.05) is 26.2 Å². The maximum Gasteiger partial charge on any atom is 0.318 e. The van der Waals surface area contributed by atoms with E-state index in [1.807, 2.05) is 50.2 Å². The average Bonchev–Trinajstić information content (AvgIpc) is 2.93. The van der Waals surface area contributed by atoms with Gasteiger partial charge in [0.05, 0.1) is 0 Å². The third-order valence-corrected chi connectivity index (χ3v) is 7.96. The van der Waals surface area contributed by atoms with Crippen molar-refractivity contribution in [1.82, 2.24) is 20.4 Å². The highest BCUT2D eigenvalue weighted by Crippen LogP contribution is 2.37. The van der Waals surface area contributed by atoms with Crippen LogP contribution in [0.25, 0.3) is 0 Å². The highest BCUT2D eigenvalue weighted by Gasteiger charge is 2.46. The molecule has 1 fully saturated rings. The molecule has 6 nitrogen and oxygen atoms in total. The van der Waals surface area contributed by atoms with Gasteiger partial charge in [-0.05, 0) is 70.6 Å². The normalized spacial score (nSPS) is 18.5. The molecule has 2 heterocycles. The van der Waals surface area contributed by atoms with Gasteiger partial charge in [-0.15, -0.1) is 0 Å². The number of hydrogen-bond donors (Lipinski definition) is 2. The lowest BCUT2D eigenvalue weighted by molar-refractivity contribution is -0.0896. The van der Waals surface area contributed by atoms with E-state index in [4.69, 9.17) is 0 Å². The zero-order valence-electron chi connectivity index (χ0n) is 26.0. The highest BCUT2D eigenvalue weighted by atomic mass is 19.3. The number of rotatable bonds is 8. The van der Waals surface area contributed by atoms with E-state index in [0.717, 1.165) is 25.7 Å². The van der Waals surface area contributed by atoms with Gasteiger partial charge in [0, 0.05) is 56.5 Å². The zero-order valence-corrected chi connectivity index (χ0v) is 26.0. The maximum atomic E-state index is 13.5. The molecule has 0 radical (unpaired) electrons. The summed E-state index contributed by atoms with van der Waals surface area (Å²) in [5.41, 5.74) is 1.22. The number of urea groups is 2. The lowest BCUT2D eigenvalue weighted by atomic mass is 9.88. The molecule has 4 amide bonds. The molecule has 1 saturated heterocycles. The van der Waals surface area contributed by atoms with Gasteiger partial charge in [-0.2, -0.15) is 0 Å². The Kier molecular flexibility index (Phi) is 12.1. The highest BCUT2D eigenvalue weighted by molar-refractivity contribution is 5.75. The Morgan fingerprint density at radius 3 is 1.72 bits per heavy atom. The van der Waals surface area contributed by atoms with Crippen molar-refractivity contribution in [3.8, 4) is 0 Å². The minimum atomic E-state index is -2.67. The summed E-state index contributed by atoms with van der Waals surface area (Å²) in [7, 11) is 0. The van der Waals surface area contributed by atoms with Crippen LogP contribution in [0.5, 0.6) is 0 Å². The predicted octanol–water partition coefficient (Wildman–Crippen LogP) is 7.51. The molecular weight excluding hydrogens is 553 g/mol. The molecule has 43 heavy (non-hydrogen) atoms. The van der Waals surface area contributed by atoms with Crippen LogP contribution in [0, 0.1) is 0 Å². The van der Waals surface area contributed by atoms with Gasteiger partial charge in [-0.3, -0.25) is 0 Å². The minimum Gasteiger partial charge on any atom is -0.338 e. The predicted molar refractivity (Wildman–Crippen MR) is 166 cm³/mol. The molecule has 2 aliphatic rings. The van der Waals surface area contributed by atoms with Gasteiger partial charge in [0.15, 0.2) is 0 Å². The van der Waals surface area contributed by atoms with E-state index >= 15 is 0 Å². The Labute approximate surface area is 254 Å². The number of hydrogen-bond acceptors (Lipinski definition) is 2. The molecule has 0 saturated carbocycles. The zero-order chi connectivity index (χ0) is 31.5. The summed E-state index contributed by atoms with van der Waals surface area (Å²) < 4.78 is 40.3. The van der Waals surface area contributed by atoms with Gasteiger partial charge < -0.3 is 20.4 Å². The van der Waals surface area contributed by atoms with Crippen molar-refractivity contribution in [3.63, 3.8) is 0 Å². The second kappa shape index (κ2) is 15.3. The largest absolute Gasteiger partial charge is 0.338 e. The minimum absolute atomic E-state index is 0.102. The number of likely N-dealkylation sites (tertiary alicyclic amines) is 1. The molecule has 0 atom stereocenters. The first-order valence-electron chi connectivity index (χ1n) is 15.2. The van der Waals surface area contributed by atoms with E-state index in [9.17, 15) is 22.8 Å². The van der Waals surface area contributed by atoms with E-state index in [-0.39, 0.29) is 43.7 Å². The summed E-state index contributed by atoms with van der Waals surface area (Å²) >= 11 is 0. The molecule has 0 unspecified atom stereocenters. The van der Waals surface area contributed by atoms with E-state index in [1.165, 1.54) is 22.1 Å². The lowest BCUT2D eigenvalue weighted by Gasteiger charge is -2.45. The molecular formula is C34H47F3N4O2. The molecule has 2 aromatic carbocycles. The van der Waals surface area contributed by atoms with Crippen LogP contribution in [-0.2, 0) is 12.8 Å². The summed E-state index contributed by atoms with van der Waals surface area (Å²) in [6, 6.07) is 19.9. The first kappa shape index (κ1) is 34.0. The number of nitrogens with zero attached hydrogens (tertiary/aromatic N) is 2. The number of benzene rings is 2. The first-order valence-corrected chi connectivity index (χ1v) is 15.2. The van der Waals surface area contributed by atoms with E-state index in [2.05, 4.69) is 34.9 Å². The fraction of sp³-hybridized carbons (Fsp3) is 0.529. The van der Waals surface area contributed by atoms with Crippen molar-refractivity contribution >= 4 is 12.1 Å². The van der Waals surface area contributed by atoms with Gasteiger partial charge in [0.25, 0.3) is 5.92 Å². The molecule has 9 heteroatoms. The molecule has 236 valence electrons. The summed E-state index contributed by atoms with van der Waals surface area (Å²) in [5, 5.41) is 5.78. The van der Waals surface area contributed by atoms with Crippen molar-refractivity contribution < 1.29 is 22.8 Å². The fourth-order valence-electron chi connectivity index (χ4n) is 5.60. The van der Waals surface area contributed by atoms with Crippen molar-refractivity contribution in [1.29, 1.82) is 0 Å². The lowest BCUT2D eigenvalue weighted by Crippen LogP contribution is -2.58. The molecule has 0 aromatic heterocycles. The summed E-state index contributed by atoms with van der Waals surface area (Å²) in [4.78, 5) is 27.6. The smallest absolute Gasteiger partial charge is 0.318 e. The van der Waals surface area contributed by atoms with Crippen LogP contribution < -0.4 is 10.6 Å². The number of piperidine rings is 1. The van der Waals surface area contributed by atoms with Gasteiger partial charge in [0.1, 0.15) is 5.83 Å². The third kappa shape index (κ3) is 10.9. The van der Waals surface area contributed by atoms with E-state index in [0.29, 0.717) is 19.6 Å². The van der Waals surface area contributed by atoms with Crippen LogP contribution in [0.1, 0.15) is 70.9 Å². The summed E-state index contributed by atoms with van der Waals surface area (Å²) in [6.45, 7) is 8.80. The summed E-state index contributed by atoms with van der Waals surface area (Å²) in [6.07, 6.45) is 4.79. The Morgan fingerprint density at radius 2 is 1.26 bits per heavy atom. The Hall–Kier alpha value is -3.49. The van der Waals surface area contributed by atoms with Gasteiger partial charge in [0.2, 0.25) is 0 Å². The topological polar surface area (TPSA) is 64.7 Å². The van der Waals surface area contributed by atoms with Gasteiger partial charge in [-0.25, -0.2) is 22.8 Å². The first-order chi connectivity index (χ1) is 20.3.